The van der Waals surface area contributed by atoms with E-state index in [-0.39, 0.29) is 17.2 Å². The number of aryl methyl sites for hydroxylation is 1. The van der Waals surface area contributed by atoms with Crippen LogP contribution in [0.4, 0.5) is 5.13 Å². The van der Waals surface area contributed by atoms with Crippen molar-refractivity contribution in [2.75, 3.05) is 11.6 Å². The Balaban J connectivity index is 1.71. The number of anilines is 1. The Bertz CT molecular complexity index is 943. The molecule has 0 spiro atoms. The molecule has 0 aliphatic heterocycles. The number of aromatic nitrogens is 1. The lowest BCUT2D eigenvalue weighted by molar-refractivity contribution is -0.116. The minimum atomic E-state index is -3.26. The summed E-state index contributed by atoms with van der Waals surface area (Å²) in [7, 11) is -3.26. The number of carbonyl (C=O) groups excluding carboxylic acids is 1. The second-order valence-electron chi connectivity index (χ2n) is 5.05. The molecular weight excluding hydrogens is 336 g/mol. The number of carbonyl (C=O) groups is 1. The average Bonchev–Trinajstić information content (AvgIpc) is 3.12. The molecule has 0 atom stereocenters. The van der Waals surface area contributed by atoms with E-state index in [1.165, 1.54) is 17.4 Å². The molecule has 0 bridgehead atoms. The van der Waals surface area contributed by atoms with Crippen molar-refractivity contribution in [1.29, 1.82) is 0 Å². The quantitative estimate of drug-likeness (QED) is 0.764. The molecule has 1 N–H and O–H groups in total. The molecule has 23 heavy (non-hydrogen) atoms. The van der Waals surface area contributed by atoms with Crippen LogP contribution >= 0.6 is 11.3 Å². The number of benzene rings is 1. The summed E-state index contributed by atoms with van der Waals surface area (Å²) in [4.78, 5) is 16.5. The van der Waals surface area contributed by atoms with Gasteiger partial charge < -0.3 is 9.73 Å². The number of nitrogens with one attached hydrogen (secondary N) is 1. The van der Waals surface area contributed by atoms with Crippen molar-refractivity contribution in [3.05, 3.63) is 42.4 Å². The predicted molar refractivity (Wildman–Crippen MR) is 88.4 cm³/mol. The van der Waals surface area contributed by atoms with E-state index in [9.17, 15) is 13.2 Å². The molecule has 1 amide bonds. The van der Waals surface area contributed by atoms with Gasteiger partial charge in [0.25, 0.3) is 0 Å². The van der Waals surface area contributed by atoms with E-state index in [0.29, 0.717) is 21.8 Å². The first kappa shape index (κ1) is 15.7. The molecule has 0 saturated carbocycles. The number of sulfone groups is 1. The number of fused-ring (bicyclic) bond motifs is 1. The van der Waals surface area contributed by atoms with Crippen LogP contribution in [-0.4, -0.2) is 25.6 Å². The maximum atomic E-state index is 11.9. The standard InChI is InChI=1S/C15H14N2O4S2/c1-23(19,20)11-5-6-12-13(9-11)22-15(16-12)17-14(18)7-4-10-3-2-8-21-10/h2-3,5-6,8-9H,4,7H2,1H3,(H,16,17,18). The third-order valence-corrected chi connectivity index (χ3v) is 5.26. The van der Waals surface area contributed by atoms with Crippen molar-refractivity contribution in [2.24, 2.45) is 0 Å². The monoisotopic (exact) mass is 350 g/mol. The Hall–Kier alpha value is -2.19. The second-order valence-corrected chi connectivity index (χ2v) is 8.09. The molecule has 2 heterocycles. The van der Waals surface area contributed by atoms with Gasteiger partial charge in [0.1, 0.15) is 5.76 Å². The van der Waals surface area contributed by atoms with Crippen LogP contribution in [0.1, 0.15) is 12.2 Å². The first-order valence-electron chi connectivity index (χ1n) is 6.85. The number of thiazole rings is 1. The van der Waals surface area contributed by atoms with Crippen molar-refractivity contribution in [3.63, 3.8) is 0 Å². The first-order valence-corrected chi connectivity index (χ1v) is 9.55. The van der Waals surface area contributed by atoms with E-state index in [1.807, 2.05) is 6.07 Å². The van der Waals surface area contributed by atoms with Crippen molar-refractivity contribution >= 4 is 42.4 Å². The van der Waals surface area contributed by atoms with Crippen LogP contribution in [0, 0.1) is 0 Å². The van der Waals surface area contributed by atoms with Gasteiger partial charge in [0.05, 0.1) is 21.4 Å². The van der Waals surface area contributed by atoms with E-state index in [2.05, 4.69) is 10.3 Å². The van der Waals surface area contributed by atoms with E-state index in [4.69, 9.17) is 4.42 Å². The fourth-order valence-electron chi connectivity index (χ4n) is 2.06. The Kier molecular flexibility index (Phi) is 4.18. The van der Waals surface area contributed by atoms with Gasteiger partial charge in [-0.15, -0.1) is 0 Å². The first-order chi connectivity index (χ1) is 10.9. The molecule has 0 radical (unpaired) electrons. The molecule has 8 heteroatoms. The van der Waals surface area contributed by atoms with Crippen LogP contribution in [-0.2, 0) is 21.1 Å². The fourth-order valence-corrected chi connectivity index (χ4v) is 3.71. The molecule has 2 aromatic heterocycles. The lowest BCUT2D eigenvalue weighted by atomic mass is 10.2. The van der Waals surface area contributed by atoms with Crippen molar-refractivity contribution in [3.8, 4) is 0 Å². The SMILES string of the molecule is CS(=O)(=O)c1ccc2nc(NC(=O)CCc3ccco3)sc2c1. The Morgan fingerprint density at radius 1 is 1.35 bits per heavy atom. The van der Waals surface area contributed by atoms with Gasteiger partial charge in [-0.3, -0.25) is 4.79 Å². The smallest absolute Gasteiger partial charge is 0.226 e. The summed E-state index contributed by atoms with van der Waals surface area (Å²) >= 11 is 1.25. The van der Waals surface area contributed by atoms with Crippen LogP contribution < -0.4 is 5.32 Å². The molecular formula is C15H14N2O4S2. The zero-order chi connectivity index (χ0) is 16.4. The zero-order valence-corrected chi connectivity index (χ0v) is 13.9. The number of furan rings is 1. The van der Waals surface area contributed by atoms with Crippen LogP contribution in [0.2, 0.25) is 0 Å². The summed E-state index contributed by atoms with van der Waals surface area (Å²) in [5, 5.41) is 3.18. The summed E-state index contributed by atoms with van der Waals surface area (Å²) in [6, 6.07) is 8.32. The largest absolute Gasteiger partial charge is 0.469 e. The number of rotatable bonds is 5. The average molecular weight is 350 g/mol. The van der Waals surface area contributed by atoms with E-state index in [1.54, 1.807) is 24.5 Å². The minimum absolute atomic E-state index is 0.163. The Labute approximate surface area is 137 Å². The highest BCUT2D eigenvalue weighted by Crippen LogP contribution is 2.28. The van der Waals surface area contributed by atoms with Gasteiger partial charge in [-0.25, -0.2) is 13.4 Å². The highest BCUT2D eigenvalue weighted by molar-refractivity contribution is 7.90. The molecule has 0 saturated heterocycles. The van der Waals surface area contributed by atoms with Gasteiger partial charge in [-0.1, -0.05) is 11.3 Å². The van der Waals surface area contributed by atoms with Crippen molar-refractivity contribution in [1.82, 2.24) is 4.98 Å². The van der Waals surface area contributed by atoms with Crippen LogP contribution in [0.3, 0.4) is 0 Å². The van der Waals surface area contributed by atoms with Gasteiger partial charge >= 0.3 is 0 Å². The third kappa shape index (κ3) is 3.77. The van der Waals surface area contributed by atoms with Gasteiger partial charge in [0.2, 0.25) is 5.91 Å². The summed E-state index contributed by atoms with van der Waals surface area (Å²) in [5.74, 6) is 0.589. The molecule has 6 nitrogen and oxygen atoms in total. The number of hydrogen-bond donors (Lipinski definition) is 1. The molecule has 3 aromatic rings. The maximum absolute atomic E-state index is 11.9. The maximum Gasteiger partial charge on any atom is 0.226 e. The summed E-state index contributed by atoms with van der Waals surface area (Å²) < 4.78 is 29.0. The predicted octanol–water partition coefficient (Wildman–Crippen LogP) is 2.86. The summed E-state index contributed by atoms with van der Waals surface area (Å²) in [6.45, 7) is 0. The van der Waals surface area contributed by atoms with Crippen molar-refractivity contribution in [2.45, 2.75) is 17.7 Å². The lowest BCUT2D eigenvalue weighted by Crippen LogP contribution is -2.11. The molecule has 0 aliphatic rings. The topological polar surface area (TPSA) is 89.3 Å². The number of hydrogen-bond acceptors (Lipinski definition) is 6. The number of amides is 1. The van der Waals surface area contributed by atoms with Crippen LogP contribution in [0.5, 0.6) is 0 Å². The molecule has 1 aromatic carbocycles. The molecule has 0 aliphatic carbocycles. The summed E-state index contributed by atoms with van der Waals surface area (Å²) in [6.07, 6.45) is 3.53. The highest BCUT2D eigenvalue weighted by Gasteiger charge is 2.12. The lowest BCUT2D eigenvalue weighted by Gasteiger charge is -1.99. The van der Waals surface area contributed by atoms with E-state index >= 15 is 0 Å². The molecule has 0 unspecified atom stereocenters. The minimum Gasteiger partial charge on any atom is -0.469 e. The van der Waals surface area contributed by atoms with Gasteiger partial charge in [-0.2, -0.15) is 0 Å². The van der Waals surface area contributed by atoms with Crippen molar-refractivity contribution < 1.29 is 17.6 Å². The van der Waals surface area contributed by atoms with Gasteiger partial charge in [0.15, 0.2) is 15.0 Å². The molecule has 120 valence electrons. The Morgan fingerprint density at radius 3 is 2.87 bits per heavy atom. The van der Waals surface area contributed by atoms with E-state index < -0.39 is 9.84 Å². The normalized spacial score (nSPS) is 11.7. The van der Waals surface area contributed by atoms with E-state index in [0.717, 1.165) is 12.0 Å². The molecule has 0 fully saturated rings. The zero-order valence-electron chi connectivity index (χ0n) is 12.3. The number of nitrogens with zero attached hydrogens (tertiary/aromatic N) is 1. The van der Waals surface area contributed by atoms with Crippen LogP contribution in [0.15, 0.2) is 45.9 Å². The second kappa shape index (κ2) is 6.13. The third-order valence-electron chi connectivity index (χ3n) is 3.21. The van der Waals surface area contributed by atoms with Crippen LogP contribution in [0.25, 0.3) is 10.2 Å². The van der Waals surface area contributed by atoms with Gasteiger partial charge in [-0.05, 0) is 30.3 Å². The van der Waals surface area contributed by atoms with Gasteiger partial charge in [0, 0.05) is 19.1 Å². The molecule has 3 rings (SSSR count). The highest BCUT2D eigenvalue weighted by atomic mass is 32.2. The fraction of sp³-hybridized carbons (Fsp3) is 0.200. The summed E-state index contributed by atoms with van der Waals surface area (Å²) in [5.41, 5.74) is 0.656. The Morgan fingerprint density at radius 2 is 2.17 bits per heavy atom.